The minimum absolute atomic E-state index is 0.0384. The van der Waals surface area contributed by atoms with Gasteiger partial charge in [0.25, 0.3) is 0 Å². The molecule has 0 spiro atoms. The molecule has 1 N–H and O–H groups in total. The molecule has 1 saturated heterocycles. The van der Waals surface area contributed by atoms with Crippen LogP contribution in [0.3, 0.4) is 0 Å². The summed E-state index contributed by atoms with van der Waals surface area (Å²) in [4.78, 5) is 22.9. The predicted molar refractivity (Wildman–Crippen MR) is 47.5 cm³/mol. The van der Waals surface area contributed by atoms with Crippen LogP contribution in [0.25, 0.3) is 0 Å². The van der Waals surface area contributed by atoms with Gasteiger partial charge in [0.15, 0.2) is 0 Å². The van der Waals surface area contributed by atoms with E-state index in [0.717, 1.165) is 4.90 Å². The first-order valence-corrected chi connectivity index (χ1v) is 4.78. The fourth-order valence-electron chi connectivity index (χ4n) is 1.88. The summed E-state index contributed by atoms with van der Waals surface area (Å²) in [5, 5.41) is 8.73. The van der Waals surface area contributed by atoms with E-state index in [1.54, 1.807) is 0 Å². The van der Waals surface area contributed by atoms with E-state index in [1.165, 1.54) is 6.92 Å². The highest BCUT2D eigenvalue weighted by molar-refractivity contribution is 5.76. The van der Waals surface area contributed by atoms with Crippen LogP contribution in [0.2, 0.25) is 0 Å². The Balaban J connectivity index is 2.84. The first kappa shape index (κ1) is 12.8. The van der Waals surface area contributed by atoms with Crippen LogP contribution in [0.4, 0.5) is 13.2 Å². The molecule has 0 aromatic heterocycles. The standard InChI is InChI=1S/C9H12F3NO3/c1-5(14)13-3-2-7(9(10,11)12)6(4-13)8(15)16/h6-7H,2-4H2,1H3,(H,15,16). The second-order valence-electron chi connectivity index (χ2n) is 3.85. The molecule has 1 heterocycles. The number of hydrogen-bond donors (Lipinski definition) is 1. The molecular formula is C9H12F3NO3. The second kappa shape index (κ2) is 4.31. The van der Waals surface area contributed by atoms with Crippen molar-refractivity contribution in [2.24, 2.45) is 11.8 Å². The SMILES string of the molecule is CC(=O)N1CCC(C(F)(F)F)C(C(=O)O)C1. The average Bonchev–Trinajstić information content (AvgIpc) is 2.15. The van der Waals surface area contributed by atoms with Gasteiger partial charge in [0.2, 0.25) is 5.91 Å². The van der Waals surface area contributed by atoms with Crippen LogP contribution in [-0.2, 0) is 9.59 Å². The van der Waals surface area contributed by atoms with E-state index in [2.05, 4.69) is 0 Å². The maximum Gasteiger partial charge on any atom is 0.392 e. The number of amides is 1. The van der Waals surface area contributed by atoms with Gasteiger partial charge in [0.1, 0.15) is 0 Å². The Morgan fingerprint density at radius 2 is 1.94 bits per heavy atom. The smallest absolute Gasteiger partial charge is 0.392 e. The van der Waals surface area contributed by atoms with Gasteiger partial charge >= 0.3 is 12.1 Å². The molecule has 4 nitrogen and oxygen atoms in total. The van der Waals surface area contributed by atoms with Gasteiger partial charge in [0, 0.05) is 20.0 Å². The van der Waals surface area contributed by atoms with Gasteiger partial charge in [-0.2, -0.15) is 13.2 Å². The quantitative estimate of drug-likeness (QED) is 0.745. The molecule has 0 bridgehead atoms. The van der Waals surface area contributed by atoms with Crippen molar-refractivity contribution >= 4 is 11.9 Å². The first-order chi connectivity index (χ1) is 7.23. The highest BCUT2D eigenvalue weighted by atomic mass is 19.4. The molecule has 0 radical (unpaired) electrons. The lowest BCUT2D eigenvalue weighted by Crippen LogP contribution is -2.50. The van der Waals surface area contributed by atoms with E-state index in [9.17, 15) is 22.8 Å². The van der Waals surface area contributed by atoms with E-state index in [-0.39, 0.29) is 19.5 Å². The number of carboxylic acid groups (broad SMARTS) is 1. The summed E-state index contributed by atoms with van der Waals surface area (Å²) in [6.07, 6.45) is -4.87. The number of piperidine rings is 1. The van der Waals surface area contributed by atoms with Crippen molar-refractivity contribution in [3.05, 3.63) is 0 Å². The van der Waals surface area contributed by atoms with Gasteiger partial charge in [-0.25, -0.2) is 0 Å². The fourth-order valence-corrected chi connectivity index (χ4v) is 1.88. The second-order valence-corrected chi connectivity index (χ2v) is 3.85. The Morgan fingerprint density at radius 3 is 2.31 bits per heavy atom. The van der Waals surface area contributed by atoms with E-state index in [0.29, 0.717) is 0 Å². The van der Waals surface area contributed by atoms with Gasteiger partial charge in [-0.15, -0.1) is 0 Å². The minimum atomic E-state index is -4.52. The van der Waals surface area contributed by atoms with Crippen molar-refractivity contribution in [1.82, 2.24) is 4.90 Å². The Bertz CT molecular complexity index is 303. The number of nitrogens with zero attached hydrogens (tertiary/aromatic N) is 1. The van der Waals surface area contributed by atoms with Gasteiger partial charge in [0.05, 0.1) is 11.8 Å². The van der Waals surface area contributed by atoms with Crippen molar-refractivity contribution in [2.45, 2.75) is 19.5 Å². The number of likely N-dealkylation sites (tertiary alicyclic amines) is 1. The molecule has 7 heteroatoms. The van der Waals surface area contributed by atoms with Gasteiger partial charge in [-0.1, -0.05) is 0 Å². The molecular weight excluding hydrogens is 227 g/mol. The van der Waals surface area contributed by atoms with Crippen molar-refractivity contribution in [1.29, 1.82) is 0 Å². The van der Waals surface area contributed by atoms with Crippen LogP contribution in [0, 0.1) is 11.8 Å². The van der Waals surface area contributed by atoms with Crippen LogP contribution >= 0.6 is 0 Å². The number of aliphatic carboxylic acids is 1. The molecule has 0 aromatic rings. The molecule has 1 rings (SSSR count). The normalized spacial score (nSPS) is 26.6. The molecule has 0 aliphatic carbocycles. The van der Waals surface area contributed by atoms with E-state index < -0.39 is 29.9 Å². The summed E-state index contributed by atoms with van der Waals surface area (Å²) >= 11 is 0. The Morgan fingerprint density at radius 1 is 1.38 bits per heavy atom. The van der Waals surface area contributed by atoms with E-state index in [1.807, 2.05) is 0 Å². The van der Waals surface area contributed by atoms with Gasteiger partial charge < -0.3 is 10.0 Å². The summed E-state index contributed by atoms with van der Waals surface area (Å²) in [5.74, 6) is -5.32. The zero-order valence-corrected chi connectivity index (χ0v) is 8.62. The van der Waals surface area contributed by atoms with Crippen molar-refractivity contribution in [2.75, 3.05) is 13.1 Å². The third-order valence-corrected chi connectivity index (χ3v) is 2.80. The lowest BCUT2D eigenvalue weighted by molar-refractivity contribution is -0.207. The van der Waals surface area contributed by atoms with Crippen molar-refractivity contribution in [3.8, 4) is 0 Å². The topological polar surface area (TPSA) is 57.6 Å². The number of halogens is 3. The monoisotopic (exact) mass is 239 g/mol. The summed E-state index contributed by atoms with van der Waals surface area (Å²) in [7, 11) is 0. The summed E-state index contributed by atoms with van der Waals surface area (Å²) in [5.41, 5.74) is 0. The number of hydrogen-bond acceptors (Lipinski definition) is 2. The van der Waals surface area contributed by atoms with Gasteiger partial charge in [-0.05, 0) is 6.42 Å². The number of rotatable bonds is 1. The predicted octanol–water partition coefficient (Wildman–Crippen LogP) is 1.12. The zero-order valence-electron chi connectivity index (χ0n) is 8.62. The Kier molecular flexibility index (Phi) is 3.44. The summed E-state index contributed by atoms with van der Waals surface area (Å²) in [6, 6.07) is 0. The lowest BCUT2D eigenvalue weighted by Gasteiger charge is -2.36. The molecule has 2 atom stereocenters. The molecule has 1 aliphatic rings. The van der Waals surface area contributed by atoms with Gasteiger partial charge in [-0.3, -0.25) is 9.59 Å². The van der Waals surface area contributed by atoms with E-state index >= 15 is 0 Å². The zero-order chi connectivity index (χ0) is 12.5. The maximum atomic E-state index is 12.5. The third kappa shape index (κ3) is 2.65. The Labute approximate surface area is 90.0 Å². The third-order valence-electron chi connectivity index (χ3n) is 2.80. The minimum Gasteiger partial charge on any atom is -0.481 e. The number of alkyl halides is 3. The molecule has 0 aromatic carbocycles. The molecule has 16 heavy (non-hydrogen) atoms. The highest BCUT2D eigenvalue weighted by Gasteiger charge is 2.50. The molecule has 1 aliphatic heterocycles. The van der Waals surface area contributed by atoms with Crippen LogP contribution in [-0.4, -0.2) is 41.1 Å². The summed E-state index contributed by atoms with van der Waals surface area (Å²) in [6.45, 7) is 0.810. The number of carbonyl (C=O) groups is 2. The lowest BCUT2D eigenvalue weighted by atomic mass is 9.85. The molecule has 0 saturated carbocycles. The van der Waals surface area contributed by atoms with Crippen LogP contribution in [0.15, 0.2) is 0 Å². The highest BCUT2D eigenvalue weighted by Crippen LogP contribution is 2.37. The van der Waals surface area contributed by atoms with E-state index in [4.69, 9.17) is 5.11 Å². The molecule has 1 amide bonds. The van der Waals surface area contributed by atoms with Crippen LogP contribution in [0.5, 0.6) is 0 Å². The number of carbonyl (C=O) groups excluding carboxylic acids is 1. The van der Waals surface area contributed by atoms with Crippen LogP contribution in [0.1, 0.15) is 13.3 Å². The molecule has 92 valence electrons. The maximum absolute atomic E-state index is 12.5. The van der Waals surface area contributed by atoms with Crippen molar-refractivity contribution in [3.63, 3.8) is 0 Å². The average molecular weight is 239 g/mol. The number of carboxylic acids is 1. The van der Waals surface area contributed by atoms with Crippen molar-refractivity contribution < 1.29 is 27.9 Å². The largest absolute Gasteiger partial charge is 0.481 e. The molecule has 2 unspecified atom stereocenters. The molecule has 1 fully saturated rings. The summed E-state index contributed by atoms with van der Waals surface area (Å²) < 4.78 is 37.5. The Hall–Kier alpha value is -1.27. The van der Waals surface area contributed by atoms with Crippen LogP contribution < -0.4 is 0 Å². The first-order valence-electron chi connectivity index (χ1n) is 4.78. The fraction of sp³-hybridized carbons (Fsp3) is 0.778.